The summed E-state index contributed by atoms with van der Waals surface area (Å²) in [5.41, 5.74) is 0. The van der Waals surface area contributed by atoms with E-state index in [1.165, 1.54) is 0 Å². The Labute approximate surface area is 89.4 Å². The van der Waals surface area contributed by atoms with E-state index in [1.807, 2.05) is 0 Å². The second-order valence-corrected chi connectivity index (χ2v) is 3.43. The van der Waals surface area contributed by atoms with Crippen LogP contribution in [0.1, 0.15) is 0 Å². The van der Waals surface area contributed by atoms with Crippen LogP contribution >= 0.6 is 12.4 Å². The van der Waals surface area contributed by atoms with Crippen LogP contribution in [0.3, 0.4) is 0 Å². The van der Waals surface area contributed by atoms with Gasteiger partial charge in [0.25, 0.3) is 5.91 Å². The van der Waals surface area contributed by atoms with Crippen LogP contribution < -0.4 is 16.0 Å². The summed E-state index contributed by atoms with van der Waals surface area (Å²) in [6.07, 6.45) is -0.297. The van der Waals surface area contributed by atoms with Crippen molar-refractivity contribution in [3.63, 3.8) is 0 Å². The van der Waals surface area contributed by atoms with Crippen molar-refractivity contribution in [1.29, 1.82) is 0 Å². The van der Waals surface area contributed by atoms with Crippen molar-refractivity contribution in [2.24, 2.45) is 0 Å². The minimum absolute atomic E-state index is 0. The van der Waals surface area contributed by atoms with Gasteiger partial charge in [0.15, 0.2) is 0 Å². The van der Waals surface area contributed by atoms with Gasteiger partial charge in [0.1, 0.15) is 6.10 Å². The van der Waals surface area contributed by atoms with Crippen LogP contribution in [0.5, 0.6) is 0 Å². The largest absolute Gasteiger partial charge is 0.366 e. The van der Waals surface area contributed by atoms with Gasteiger partial charge in [-0.25, -0.2) is 0 Å². The third-order valence-electron chi connectivity index (χ3n) is 2.35. The first-order chi connectivity index (χ1) is 6.36. The Hall–Kier alpha value is -0.360. The maximum Gasteiger partial charge on any atom is 0.250 e. The Balaban J connectivity index is 0.000000980. The molecule has 0 radical (unpaired) electrons. The molecule has 1 atom stereocenters. The predicted octanol–water partition coefficient (Wildman–Crippen LogP) is -1.52. The standard InChI is InChI=1S/C8H15N3O2.ClH/c12-8(11-6-3-10-4-6)7-5-9-1-2-13-7;/h6-7,9-10H,1-5H2,(H,11,12);1H/t7-;/m0./s1. The highest BCUT2D eigenvalue weighted by atomic mass is 35.5. The highest BCUT2D eigenvalue weighted by molar-refractivity contribution is 5.85. The van der Waals surface area contributed by atoms with Crippen LogP contribution in [-0.4, -0.2) is 50.8 Å². The minimum Gasteiger partial charge on any atom is -0.366 e. The Morgan fingerprint density at radius 1 is 1.29 bits per heavy atom. The Morgan fingerprint density at radius 3 is 2.57 bits per heavy atom. The van der Waals surface area contributed by atoms with Crippen LogP contribution in [0.2, 0.25) is 0 Å². The second-order valence-electron chi connectivity index (χ2n) is 3.43. The molecule has 2 heterocycles. The number of hydrogen-bond donors (Lipinski definition) is 3. The molecule has 2 fully saturated rings. The van der Waals surface area contributed by atoms with Crippen molar-refractivity contribution in [2.75, 3.05) is 32.8 Å². The van der Waals surface area contributed by atoms with Crippen LogP contribution in [0, 0.1) is 0 Å². The van der Waals surface area contributed by atoms with E-state index in [2.05, 4.69) is 16.0 Å². The van der Waals surface area contributed by atoms with Gasteiger partial charge >= 0.3 is 0 Å². The summed E-state index contributed by atoms with van der Waals surface area (Å²) in [6, 6.07) is 0.304. The van der Waals surface area contributed by atoms with Gasteiger partial charge in [0, 0.05) is 26.2 Å². The van der Waals surface area contributed by atoms with E-state index in [9.17, 15) is 4.79 Å². The highest BCUT2D eigenvalue weighted by Crippen LogP contribution is 1.98. The van der Waals surface area contributed by atoms with E-state index < -0.39 is 0 Å². The van der Waals surface area contributed by atoms with E-state index in [-0.39, 0.29) is 24.4 Å². The third kappa shape index (κ3) is 2.81. The van der Waals surface area contributed by atoms with E-state index >= 15 is 0 Å². The number of hydrogen-bond acceptors (Lipinski definition) is 4. The lowest BCUT2D eigenvalue weighted by atomic mass is 10.1. The zero-order valence-electron chi connectivity index (χ0n) is 7.91. The van der Waals surface area contributed by atoms with Crippen LogP contribution in [-0.2, 0) is 9.53 Å². The number of rotatable bonds is 2. The first-order valence-corrected chi connectivity index (χ1v) is 4.69. The number of carbonyl (C=O) groups is 1. The Morgan fingerprint density at radius 2 is 2.07 bits per heavy atom. The fraction of sp³-hybridized carbons (Fsp3) is 0.875. The molecule has 2 aliphatic rings. The quantitative estimate of drug-likeness (QED) is 0.531. The van der Waals surface area contributed by atoms with Gasteiger partial charge < -0.3 is 20.7 Å². The van der Waals surface area contributed by atoms with Gasteiger partial charge in [-0.2, -0.15) is 0 Å². The second kappa shape index (κ2) is 5.50. The number of amides is 1. The topological polar surface area (TPSA) is 62.4 Å². The number of halogens is 1. The third-order valence-corrected chi connectivity index (χ3v) is 2.35. The van der Waals surface area contributed by atoms with Crippen LogP contribution in [0.4, 0.5) is 0 Å². The zero-order chi connectivity index (χ0) is 9.10. The van der Waals surface area contributed by atoms with Crippen molar-refractivity contribution >= 4 is 18.3 Å². The van der Waals surface area contributed by atoms with Crippen molar-refractivity contribution in [3.05, 3.63) is 0 Å². The zero-order valence-corrected chi connectivity index (χ0v) is 8.73. The molecule has 0 aliphatic carbocycles. The van der Waals surface area contributed by atoms with E-state index in [1.54, 1.807) is 0 Å². The SMILES string of the molecule is Cl.O=C(NC1CNC1)[C@@H]1CNCCO1. The van der Waals surface area contributed by atoms with Gasteiger partial charge in [0.2, 0.25) is 0 Å². The van der Waals surface area contributed by atoms with Crippen molar-refractivity contribution in [3.8, 4) is 0 Å². The lowest BCUT2D eigenvalue weighted by molar-refractivity contribution is -0.135. The number of morpholine rings is 1. The average molecular weight is 222 g/mol. The average Bonchev–Trinajstić information content (AvgIpc) is 2.12. The molecular weight excluding hydrogens is 206 g/mol. The summed E-state index contributed by atoms with van der Waals surface area (Å²) in [4.78, 5) is 11.5. The highest BCUT2D eigenvalue weighted by Gasteiger charge is 2.26. The Kier molecular flexibility index (Phi) is 4.60. The molecule has 5 nitrogen and oxygen atoms in total. The molecule has 0 saturated carbocycles. The maximum atomic E-state index is 11.5. The van der Waals surface area contributed by atoms with Crippen molar-refractivity contribution in [2.45, 2.75) is 12.1 Å². The molecule has 2 rings (SSSR count). The van der Waals surface area contributed by atoms with E-state index in [4.69, 9.17) is 4.74 Å². The molecule has 1 amide bonds. The smallest absolute Gasteiger partial charge is 0.250 e. The molecular formula is C8H16ClN3O2. The first-order valence-electron chi connectivity index (χ1n) is 4.69. The summed E-state index contributed by atoms with van der Waals surface area (Å²) < 4.78 is 5.31. The molecule has 2 aliphatic heterocycles. The summed E-state index contributed by atoms with van der Waals surface area (Å²) in [5.74, 6) is 0.0127. The van der Waals surface area contributed by atoms with E-state index in [0.29, 0.717) is 19.2 Å². The summed E-state index contributed by atoms with van der Waals surface area (Å²) in [6.45, 7) is 3.86. The predicted molar refractivity (Wildman–Crippen MR) is 54.7 cm³/mol. The molecule has 0 unspecified atom stereocenters. The van der Waals surface area contributed by atoms with E-state index in [0.717, 1.165) is 19.6 Å². The fourth-order valence-electron chi connectivity index (χ4n) is 1.42. The molecule has 0 aromatic heterocycles. The number of ether oxygens (including phenoxy) is 1. The van der Waals surface area contributed by atoms with Crippen LogP contribution in [0.25, 0.3) is 0 Å². The minimum atomic E-state index is -0.297. The molecule has 2 saturated heterocycles. The van der Waals surface area contributed by atoms with Gasteiger partial charge in [-0.15, -0.1) is 12.4 Å². The van der Waals surface area contributed by atoms with Crippen molar-refractivity contribution in [1.82, 2.24) is 16.0 Å². The normalized spacial score (nSPS) is 27.3. The van der Waals surface area contributed by atoms with Gasteiger partial charge in [-0.1, -0.05) is 0 Å². The van der Waals surface area contributed by atoms with Gasteiger partial charge in [-0.3, -0.25) is 4.79 Å². The molecule has 82 valence electrons. The summed E-state index contributed by atoms with van der Waals surface area (Å²) in [5, 5.41) is 9.14. The van der Waals surface area contributed by atoms with Crippen molar-refractivity contribution < 1.29 is 9.53 Å². The monoisotopic (exact) mass is 221 g/mol. The van der Waals surface area contributed by atoms with Crippen LogP contribution in [0.15, 0.2) is 0 Å². The number of carbonyl (C=O) groups excluding carboxylic acids is 1. The summed E-state index contributed by atoms with van der Waals surface area (Å²) >= 11 is 0. The summed E-state index contributed by atoms with van der Waals surface area (Å²) in [7, 11) is 0. The molecule has 14 heavy (non-hydrogen) atoms. The molecule has 0 aromatic carbocycles. The molecule has 6 heteroatoms. The first kappa shape index (κ1) is 11.7. The maximum absolute atomic E-state index is 11.5. The Bertz CT molecular complexity index is 193. The molecule has 0 aromatic rings. The fourth-order valence-corrected chi connectivity index (χ4v) is 1.42. The lowest BCUT2D eigenvalue weighted by Gasteiger charge is -2.30. The van der Waals surface area contributed by atoms with Gasteiger partial charge in [0.05, 0.1) is 12.6 Å². The molecule has 0 spiro atoms. The molecule has 0 bridgehead atoms. The number of nitrogens with one attached hydrogen (secondary N) is 3. The lowest BCUT2D eigenvalue weighted by Crippen LogP contribution is -2.60. The molecule has 3 N–H and O–H groups in total. The van der Waals surface area contributed by atoms with Gasteiger partial charge in [-0.05, 0) is 0 Å².